The van der Waals surface area contributed by atoms with Crippen LogP contribution >= 0.6 is 0 Å². The summed E-state index contributed by atoms with van der Waals surface area (Å²) in [4.78, 5) is 2.72. The van der Waals surface area contributed by atoms with E-state index in [9.17, 15) is 0 Å². The molecule has 0 aromatic carbocycles. The van der Waals surface area contributed by atoms with Gasteiger partial charge in [-0.05, 0) is 37.5 Å². The fourth-order valence-corrected chi connectivity index (χ4v) is 3.77. The first-order valence-electron chi connectivity index (χ1n) is 8.43. The van der Waals surface area contributed by atoms with Gasteiger partial charge < -0.3 is 5.32 Å². The van der Waals surface area contributed by atoms with Gasteiger partial charge in [-0.25, -0.2) is 0 Å². The van der Waals surface area contributed by atoms with Crippen LogP contribution in [0.1, 0.15) is 66.2 Å². The third-order valence-corrected chi connectivity index (χ3v) is 5.10. The Bertz CT molecular complexity index is 283. The number of nitrogens with one attached hydrogen (secondary N) is 1. The standard InChI is InChI=1S/C17H34N2/c1-5-6-7-10-16(2,3)13-19-12-11-18-17(4,14-19)15-8-9-15/h15,18H,5-14H2,1-4H3. The van der Waals surface area contributed by atoms with E-state index in [2.05, 4.69) is 37.9 Å². The summed E-state index contributed by atoms with van der Waals surface area (Å²) in [6.07, 6.45) is 8.39. The Balaban J connectivity index is 1.80. The summed E-state index contributed by atoms with van der Waals surface area (Å²) in [5.41, 5.74) is 0.884. The molecule has 1 saturated heterocycles. The van der Waals surface area contributed by atoms with Crippen molar-refractivity contribution in [2.45, 2.75) is 71.8 Å². The Labute approximate surface area is 120 Å². The van der Waals surface area contributed by atoms with E-state index in [0.29, 0.717) is 11.0 Å². The van der Waals surface area contributed by atoms with Crippen molar-refractivity contribution in [3.8, 4) is 0 Å². The molecule has 0 spiro atoms. The monoisotopic (exact) mass is 266 g/mol. The summed E-state index contributed by atoms with van der Waals surface area (Å²) in [6.45, 7) is 14.6. The third kappa shape index (κ3) is 4.46. The van der Waals surface area contributed by atoms with Crippen LogP contribution in [0.2, 0.25) is 0 Å². The number of piperazine rings is 1. The van der Waals surface area contributed by atoms with Crippen molar-refractivity contribution in [2.24, 2.45) is 11.3 Å². The van der Waals surface area contributed by atoms with Gasteiger partial charge in [-0.1, -0.05) is 40.0 Å². The Morgan fingerprint density at radius 2 is 2.00 bits per heavy atom. The number of hydrogen-bond donors (Lipinski definition) is 1. The quantitative estimate of drug-likeness (QED) is 0.707. The van der Waals surface area contributed by atoms with E-state index in [1.54, 1.807) is 0 Å². The lowest BCUT2D eigenvalue weighted by Crippen LogP contribution is -2.61. The van der Waals surface area contributed by atoms with Crippen LogP contribution < -0.4 is 5.32 Å². The Morgan fingerprint density at radius 3 is 2.63 bits per heavy atom. The lowest BCUT2D eigenvalue weighted by Gasteiger charge is -2.44. The molecule has 1 aliphatic carbocycles. The first-order valence-corrected chi connectivity index (χ1v) is 8.43. The molecule has 19 heavy (non-hydrogen) atoms. The van der Waals surface area contributed by atoms with Crippen molar-refractivity contribution in [1.82, 2.24) is 10.2 Å². The summed E-state index contributed by atoms with van der Waals surface area (Å²) < 4.78 is 0. The van der Waals surface area contributed by atoms with Crippen molar-refractivity contribution in [3.63, 3.8) is 0 Å². The van der Waals surface area contributed by atoms with Crippen molar-refractivity contribution >= 4 is 0 Å². The minimum Gasteiger partial charge on any atom is -0.309 e. The molecule has 0 amide bonds. The molecule has 2 heteroatoms. The van der Waals surface area contributed by atoms with Gasteiger partial charge in [-0.3, -0.25) is 4.90 Å². The Hall–Kier alpha value is -0.0800. The van der Waals surface area contributed by atoms with Gasteiger partial charge in [0.2, 0.25) is 0 Å². The van der Waals surface area contributed by atoms with Crippen LogP contribution in [0.15, 0.2) is 0 Å². The zero-order valence-electron chi connectivity index (χ0n) is 13.6. The number of unbranched alkanes of at least 4 members (excludes halogenated alkanes) is 2. The highest BCUT2D eigenvalue weighted by Gasteiger charge is 2.44. The van der Waals surface area contributed by atoms with Crippen LogP contribution in [-0.2, 0) is 0 Å². The van der Waals surface area contributed by atoms with Gasteiger partial charge in [0.25, 0.3) is 0 Å². The molecule has 1 unspecified atom stereocenters. The normalized spacial score (nSPS) is 29.7. The summed E-state index contributed by atoms with van der Waals surface area (Å²) >= 11 is 0. The van der Waals surface area contributed by atoms with Crippen LogP contribution in [0.3, 0.4) is 0 Å². The minimum absolute atomic E-state index is 0.401. The van der Waals surface area contributed by atoms with E-state index < -0.39 is 0 Å². The van der Waals surface area contributed by atoms with Gasteiger partial charge in [0.1, 0.15) is 0 Å². The second kappa shape index (κ2) is 6.13. The average Bonchev–Trinajstić information content (AvgIpc) is 3.12. The zero-order valence-corrected chi connectivity index (χ0v) is 13.6. The van der Waals surface area contributed by atoms with Crippen LogP contribution in [0.5, 0.6) is 0 Å². The molecule has 0 aromatic rings. The average molecular weight is 266 g/mol. The van der Waals surface area contributed by atoms with Gasteiger partial charge in [-0.2, -0.15) is 0 Å². The van der Waals surface area contributed by atoms with Gasteiger partial charge >= 0.3 is 0 Å². The summed E-state index contributed by atoms with van der Waals surface area (Å²) in [6, 6.07) is 0. The van der Waals surface area contributed by atoms with Crippen LogP contribution in [0.25, 0.3) is 0 Å². The van der Waals surface area contributed by atoms with E-state index in [1.165, 1.54) is 64.7 Å². The molecule has 2 nitrogen and oxygen atoms in total. The molecule has 0 aromatic heterocycles. The summed E-state index contributed by atoms with van der Waals surface area (Å²) in [5, 5.41) is 3.78. The van der Waals surface area contributed by atoms with Crippen molar-refractivity contribution in [2.75, 3.05) is 26.2 Å². The van der Waals surface area contributed by atoms with Crippen LogP contribution in [0.4, 0.5) is 0 Å². The van der Waals surface area contributed by atoms with Crippen LogP contribution in [-0.4, -0.2) is 36.6 Å². The summed E-state index contributed by atoms with van der Waals surface area (Å²) in [7, 11) is 0. The lowest BCUT2D eigenvalue weighted by molar-refractivity contribution is 0.0856. The maximum absolute atomic E-state index is 3.78. The second-order valence-corrected chi connectivity index (χ2v) is 7.95. The molecule has 2 aliphatic rings. The van der Waals surface area contributed by atoms with E-state index in [4.69, 9.17) is 0 Å². The lowest BCUT2D eigenvalue weighted by atomic mass is 9.85. The van der Waals surface area contributed by atoms with Crippen LogP contribution in [0, 0.1) is 11.3 Å². The number of nitrogens with zero attached hydrogens (tertiary/aromatic N) is 1. The molecule has 2 rings (SSSR count). The number of hydrogen-bond acceptors (Lipinski definition) is 2. The van der Waals surface area contributed by atoms with E-state index in [-0.39, 0.29) is 0 Å². The van der Waals surface area contributed by atoms with Gasteiger partial charge in [0.15, 0.2) is 0 Å². The third-order valence-electron chi connectivity index (χ3n) is 5.10. The Morgan fingerprint density at radius 1 is 1.26 bits per heavy atom. The first kappa shape index (κ1) is 15.3. The fraction of sp³-hybridized carbons (Fsp3) is 1.00. The highest BCUT2D eigenvalue weighted by atomic mass is 15.2. The molecule has 1 N–H and O–H groups in total. The molecule has 2 fully saturated rings. The molecule has 1 aliphatic heterocycles. The van der Waals surface area contributed by atoms with Gasteiger partial charge in [0, 0.05) is 31.7 Å². The van der Waals surface area contributed by atoms with Crippen molar-refractivity contribution in [1.29, 1.82) is 0 Å². The molecule has 0 radical (unpaired) electrons. The van der Waals surface area contributed by atoms with Crippen molar-refractivity contribution < 1.29 is 0 Å². The molecule has 1 atom stereocenters. The molecule has 1 heterocycles. The van der Waals surface area contributed by atoms with Crippen molar-refractivity contribution in [3.05, 3.63) is 0 Å². The predicted molar refractivity (Wildman–Crippen MR) is 83.5 cm³/mol. The molecular weight excluding hydrogens is 232 g/mol. The first-order chi connectivity index (χ1) is 8.95. The zero-order chi connectivity index (χ0) is 13.9. The predicted octanol–water partition coefficient (Wildman–Crippen LogP) is 3.67. The topological polar surface area (TPSA) is 15.3 Å². The maximum atomic E-state index is 3.78. The van der Waals surface area contributed by atoms with Gasteiger partial charge in [0.05, 0.1) is 0 Å². The Kier molecular flexibility index (Phi) is 4.94. The smallest absolute Gasteiger partial charge is 0.0309 e. The highest BCUT2D eigenvalue weighted by molar-refractivity contribution is 5.02. The highest BCUT2D eigenvalue weighted by Crippen LogP contribution is 2.41. The maximum Gasteiger partial charge on any atom is 0.0309 e. The fourth-order valence-electron chi connectivity index (χ4n) is 3.77. The van der Waals surface area contributed by atoms with E-state index in [1.807, 2.05) is 0 Å². The van der Waals surface area contributed by atoms with Gasteiger partial charge in [-0.15, -0.1) is 0 Å². The van der Waals surface area contributed by atoms with E-state index >= 15 is 0 Å². The minimum atomic E-state index is 0.401. The SMILES string of the molecule is CCCCCC(C)(C)CN1CCNC(C)(C2CC2)C1. The molecule has 112 valence electrons. The molecule has 0 bridgehead atoms. The molecule has 1 saturated carbocycles. The summed E-state index contributed by atoms with van der Waals surface area (Å²) in [5.74, 6) is 0.943. The molecular formula is C17H34N2. The second-order valence-electron chi connectivity index (χ2n) is 7.95. The van der Waals surface area contributed by atoms with E-state index in [0.717, 1.165) is 5.92 Å². The number of rotatable bonds is 7. The largest absolute Gasteiger partial charge is 0.309 e.